The summed E-state index contributed by atoms with van der Waals surface area (Å²) in [5.74, 6) is -1.23. The first kappa shape index (κ1) is 16.2. The average molecular weight is 287 g/mol. The SMILES string of the molecule is CN(CC1CCOCC1)C(=O)NCC(=O)NCC(=O)O. The number of hydrogen-bond acceptors (Lipinski definition) is 4. The number of carboxylic acid groups (broad SMARTS) is 1. The van der Waals surface area contributed by atoms with Crippen LogP contribution in [-0.2, 0) is 14.3 Å². The summed E-state index contributed by atoms with van der Waals surface area (Å²) in [6.07, 6.45) is 1.85. The van der Waals surface area contributed by atoms with Gasteiger partial charge < -0.3 is 25.4 Å². The van der Waals surface area contributed by atoms with Crippen molar-refractivity contribution in [2.75, 3.05) is 39.9 Å². The van der Waals surface area contributed by atoms with Crippen LogP contribution in [0.2, 0.25) is 0 Å². The molecular formula is C12H21N3O5. The van der Waals surface area contributed by atoms with Gasteiger partial charge in [-0.15, -0.1) is 0 Å². The van der Waals surface area contributed by atoms with E-state index in [1.807, 2.05) is 0 Å². The molecule has 114 valence electrons. The van der Waals surface area contributed by atoms with E-state index in [-0.39, 0.29) is 12.6 Å². The summed E-state index contributed by atoms with van der Waals surface area (Å²) in [5.41, 5.74) is 0. The van der Waals surface area contributed by atoms with Crippen LogP contribution in [0, 0.1) is 5.92 Å². The normalized spacial score (nSPS) is 15.4. The number of amides is 3. The van der Waals surface area contributed by atoms with Crippen molar-refractivity contribution in [3.63, 3.8) is 0 Å². The van der Waals surface area contributed by atoms with Crippen LogP contribution in [0.5, 0.6) is 0 Å². The van der Waals surface area contributed by atoms with E-state index in [4.69, 9.17) is 9.84 Å². The predicted octanol–water partition coefficient (Wildman–Crippen LogP) is -0.745. The third kappa shape index (κ3) is 6.37. The summed E-state index contributed by atoms with van der Waals surface area (Å²) < 4.78 is 5.25. The van der Waals surface area contributed by atoms with Gasteiger partial charge in [0.2, 0.25) is 5.91 Å². The third-order valence-electron chi connectivity index (χ3n) is 3.06. The molecule has 1 saturated heterocycles. The Labute approximate surface area is 117 Å². The molecule has 0 aromatic carbocycles. The van der Waals surface area contributed by atoms with Crippen LogP contribution < -0.4 is 10.6 Å². The maximum Gasteiger partial charge on any atom is 0.322 e. The molecule has 1 fully saturated rings. The third-order valence-corrected chi connectivity index (χ3v) is 3.06. The minimum atomic E-state index is -1.12. The lowest BCUT2D eigenvalue weighted by atomic mass is 10.0. The van der Waals surface area contributed by atoms with E-state index in [9.17, 15) is 14.4 Å². The molecule has 1 aliphatic heterocycles. The Kier molecular flexibility index (Phi) is 6.78. The van der Waals surface area contributed by atoms with E-state index in [0.717, 1.165) is 26.1 Å². The molecule has 0 radical (unpaired) electrons. The number of carboxylic acids is 1. The van der Waals surface area contributed by atoms with Gasteiger partial charge in [-0.25, -0.2) is 4.79 Å². The highest BCUT2D eigenvalue weighted by atomic mass is 16.5. The van der Waals surface area contributed by atoms with E-state index in [2.05, 4.69) is 10.6 Å². The van der Waals surface area contributed by atoms with Crippen LogP contribution in [0.25, 0.3) is 0 Å². The minimum absolute atomic E-state index is 0.232. The standard InChI is InChI=1S/C12H21N3O5/c1-15(8-9-2-4-20-5-3-9)12(19)14-6-10(16)13-7-11(17)18/h9H,2-8H2,1H3,(H,13,16)(H,14,19)(H,17,18). The van der Waals surface area contributed by atoms with Gasteiger partial charge in [0.1, 0.15) is 6.54 Å². The Hall–Kier alpha value is -1.83. The molecule has 0 saturated carbocycles. The fourth-order valence-corrected chi connectivity index (χ4v) is 1.93. The van der Waals surface area contributed by atoms with Crippen LogP contribution in [-0.4, -0.2) is 67.8 Å². The molecule has 8 nitrogen and oxygen atoms in total. The minimum Gasteiger partial charge on any atom is -0.480 e. The van der Waals surface area contributed by atoms with Crippen molar-refractivity contribution in [3.8, 4) is 0 Å². The van der Waals surface area contributed by atoms with Crippen LogP contribution in [0.15, 0.2) is 0 Å². The lowest BCUT2D eigenvalue weighted by molar-refractivity contribution is -0.137. The molecule has 0 unspecified atom stereocenters. The highest BCUT2D eigenvalue weighted by Crippen LogP contribution is 2.15. The highest BCUT2D eigenvalue weighted by Gasteiger charge is 2.18. The van der Waals surface area contributed by atoms with Gasteiger partial charge >= 0.3 is 12.0 Å². The molecule has 0 aromatic rings. The average Bonchev–Trinajstić information content (AvgIpc) is 2.43. The van der Waals surface area contributed by atoms with Crippen molar-refractivity contribution in [3.05, 3.63) is 0 Å². The van der Waals surface area contributed by atoms with Crippen LogP contribution in [0.1, 0.15) is 12.8 Å². The molecule has 0 aliphatic carbocycles. The number of nitrogens with zero attached hydrogens (tertiary/aromatic N) is 1. The van der Waals surface area contributed by atoms with Crippen molar-refractivity contribution < 1.29 is 24.2 Å². The van der Waals surface area contributed by atoms with Gasteiger partial charge in [-0.1, -0.05) is 0 Å². The van der Waals surface area contributed by atoms with Crippen molar-refractivity contribution in [2.45, 2.75) is 12.8 Å². The fraction of sp³-hybridized carbons (Fsp3) is 0.750. The highest BCUT2D eigenvalue weighted by molar-refractivity contribution is 5.86. The fourth-order valence-electron chi connectivity index (χ4n) is 1.93. The summed E-state index contributed by atoms with van der Waals surface area (Å²) in [5, 5.41) is 13.0. The first-order chi connectivity index (χ1) is 9.49. The molecule has 0 spiro atoms. The zero-order valence-corrected chi connectivity index (χ0v) is 11.6. The van der Waals surface area contributed by atoms with Gasteiger partial charge in [-0.05, 0) is 18.8 Å². The molecule has 0 aromatic heterocycles. The summed E-state index contributed by atoms with van der Waals surface area (Å²) in [7, 11) is 1.67. The number of carbonyl (C=O) groups is 3. The molecule has 3 N–H and O–H groups in total. The Morgan fingerprint density at radius 3 is 2.45 bits per heavy atom. The summed E-state index contributed by atoms with van der Waals surface area (Å²) in [4.78, 5) is 34.8. The van der Waals surface area contributed by atoms with E-state index in [0.29, 0.717) is 12.5 Å². The lowest BCUT2D eigenvalue weighted by Gasteiger charge is -2.27. The second-order valence-electron chi connectivity index (χ2n) is 4.77. The summed E-state index contributed by atoms with van der Waals surface area (Å²) in [6.45, 7) is 1.37. The van der Waals surface area contributed by atoms with E-state index in [1.54, 1.807) is 7.05 Å². The first-order valence-electron chi connectivity index (χ1n) is 6.54. The largest absolute Gasteiger partial charge is 0.480 e. The van der Waals surface area contributed by atoms with Gasteiger partial charge in [0.25, 0.3) is 0 Å². The molecule has 0 bridgehead atoms. The second kappa shape index (κ2) is 8.36. The summed E-state index contributed by atoms with van der Waals surface area (Å²) >= 11 is 0. The van der Waals surface area contributed by atoms with Crippen molar-refractivity contribution >= 4 is 17.9 Å². The van der Waals surface area contributed by atoms with Gasteiger partial charge in [-0.2, -0.15) is 0 Å². The quantitative estimate of drug-likeness (QED) is 0.596. The molecule has 1 aliphatic rings. The Morgan fingerprint density at radius 1 is 1.20 bits per heavy atom. The molecule has 1 rings (SSSR count). The number of nitrogens with one attached hydrogen (secondary N) is 2. The van der Waals surface area contributed by atoms with Gasteiger partial charge in [-0.3, -0.25) is 9.59 Å². The van der Waals surface area contributed by atoms with Crippen molar-refractivity contribution in [1.82, 2.24) is 15.5 Å². The van der Waals surface area contributed by atoms with Crippen LogP contribution >= 0.6 is 0 Å². The van der Waals surface area contributed by atoms with Crippen LogP contribution in [0.4, 0.5) is 4.79 Å². The van der Waals surface area contributed by atoms with Gasteiger partial charge in [0.15, 0.2) is 0 Å². The molecule has 20 heavy (non-hydrogen) atoms. The molecular weight excluding hydrogens is 266 g/mol. The number of ether oxygens (including phenoxy) is 1. The van der Waals surface area contributed by atoms with E-state index >= 15 is 0 Å². The topological polar surface area (TPSA) is 108 Å². The van der Waals surface area contributed by atoms with Gasteiger partial charge in [0, 0.05) is 26.8 Å². The van der Waals surface area contributed by atoms with Crippen molar-refractivity contribution in [2.24, 2.45) is 5.92 Å². The molecule has 8 heteroatoms. The number of rotatable bonds is 6. The molecule has 0 atom stereocenters. The van der Waals surface area contributed by atoms with E-state index in [1.165, 1.54) is 4.90 Å². The monoisotopic (exact) mass is 287 g/mol. The first-order valence-corrected chi connectivity index (χ1v) is 6.54. The van der Waals surface area contributed by atoms with Crippen LogP contribution in [0.3, 0.4) is 0 Å². The smallest absolute Gasteiger partial charge is 0.322 e. The maximum absolute atomic E-state index is 11.7. The number of carbonyl (C=O) groups excluding carboxylic acids is 2. The zero-order chi connectivity index (χ0) is 15.0. The maximum atomic E-state index is 11.7. The second-order valence-corrected chi connectivity index (χ2v) is 4.77. The van der Waals surface area contributed by atoms with E-state index < -0.39 is 18.4 Å². The Morgan fingerprint density at radius 2 is 1.85 bits per heavy atom. The Balaban J connectivity index is 2.20. The number of hydrogen-bond donors (Lipinski definition) is 3. The summed E-state index contributed by atoms with van der Waals surface area (Å²) in [6, 6.07) is -0.345. The lowest BCUT2D eigenvalue weighted by Crippen LogP contribution is -2.45. The molecule has 3 amide bonds. The molecule has 1 heterocycles. The zero-order valence-electron chi connectivity index (χ0n) is 11.6. The van der Waals surface area contributed by atoms with Gasteiger partial charge in [0.05, 0.1) is 6.54 Å². The predicted molar refractivity (Wildman–Crippen MR) is 70.2 cm³/mol. The number of urea groups is 1. The van der Waals surface area contributed by atoms with Crippen molar-refractivity contribution in [1.29, 1.82) is 0 Å². The number of aliphatic carboxylic acids is 1. The Bertz CT molecular complexity index is 355.